The van der Waals surface area contributed by atoms with Crippen LogP contribution in [0.5, 0.6) is 17.2 Å². The van der Waals surface area contributed by atoms with Crippen LogP contribution in [0.2, 0.25) is 0 Å². The molecule has 0 spiro atoms. The molecule has 0 aromatic heterocycles. The molecule has 0 fully saturated rings. The van der Waals surface area contributed by atoms with Gasteiger partial charge in [-0.3, -0.25) is 4.79 Å². The largest absolute Gasteiger partial charge is 0.508 e. The molecule has 0 radical (unpaired) electrons. The van der Waals surface area contributed by atoms with Crippen LogP contribution in [0.25, 0.3) is 12.2 Å². The van der Waals surface area contributed by atoms with E-state index < -0.39 is 5.78 Å². The van der Waals surface area contributed by atoms with E-state index in [1.54, 1.807) is 55.7 Å². The number of rotatable bonds is 14. The van der Waals surface area contributed by atoms with Crippen LogP contribution in [-0.4, -0.2) is 51.2 Å². The standard InChI is InChI=1S/C28H32O8/c1-19(36-18-32-2)14-23(24(30)10-6-20-8-12-26(33-3)22(15-20)17-29)25(31)11-7-21-9-13-27(34-4)28(16-21)35-5/h6-13,15-16,29-30H,1,14,17-18H2,2-5H3/b10-6+,11-7+,24-23?. The third kappa shape index (κ3) is 8.04. The van der Waals surface area contributed by atoms with Crippen molar-refractivity contribution in [2.75, 3.05) is 35.2 Å². The zero-order valence-corrected chi connectivity index (χ0v) is 20.9. The molecule has 0 atom stereocenters. The van der Waals surface area contributed by atoms with Crippen LogP contribution >= 0.6 is 0 Å². The second-order valence-electron chi connectivity index (χ2n) is 7.50. The average molecular weight is 497 g/mol. The fourth-order valence-corrected chi connectivity index (χ4v) is 3.22. The van der Waals surface area contributed by atoms with Gasteiger partial charge in [-0.25, -0.2) is 0 Å². The first kappa shape index (κ1) is 28.2. The van der Waals surface area contributed by atoms with Crippen molar-refractivity contribution < 1.29 is 38.7 Å². The molecule has 0 aliphatic rings. The van der Waals surface area contributed by atoms with Gasteiger partial charge < -0.3 is 33.9 Å². The summed E-state index contributed by atoms with van der Waals surface area (Å²) in [5, 5.41) is 20.3. The van der Waals surface area contributed by atoms with Crippen LogP contribution in [0.3, 0.4) is 0 Å². The van der Waals surface area contributed by atoms with E-state index in [4.69, 9.17) is 23.7 Å². The molecule has 0 amide bonds. The Balaban J connectivity index is 2.35. The fraction of sp³-hybridized carbons (Fsp3) is 0.250. The first-order valence-corrected chi connectivity index (χ1v) is 11.0. The lowest BCUT2D eigenvalue weighted by Crippen LogP contribution is -2.06. The van der Waals surface area contributed by atoms with E-state index in [9.17, 15) is 15.0 Å². The third-order valence-corrected chi connectivity index (χ3v) is 5.10. The van der Waals surface area contributed by atoms with Crippen molar-refractivity contribution in [3.63, 3.8) is 0 Å². The molecule has 192 valence electrons. The summed E-state index contributed by atoms with van der Waals surface area (Å²) in [6.07, 6.45) is 5.96. The molecule has 0 unspecified atom stereocenters. The van der Waals surface area contributed by atoms with E-state index in [0.717, 1.165) is 0 Å². The Morgan fingerprint density at radius 3 is 2.11 bits per heavy atom. The highest BCUT2D eigenvalue weighted by molar-refractivity contribution is 6.07. The number of ketones is 1. The summed E-state index contributed by atoms with van der Waals surface area (Å²) >= 11 is 0. The normalized spacial score (nSPS) is 11.9. The highest BCUT2D eigenvalue weighted by Gasteiger charge is 2.15. The van der Waals surface area contributed by atoms with E-state index in [1.807, 2.05) is 0 Å². The molecule has 36 heavy (non-hydrogen) atoms. The minimum Gasteiger partial charge on any atom is -0.508 e. The summed E-state index contributed by atoms with van der Waals surface area (Å²) in [7, 11) is 6.06. The van der Waals surface area contributed by atoms with Gasteiger partial charge in [0.2, 0.25) is 0 Å². The predicted molar refractivity (Wildman–Crippen MR) is 138 cm³/mol. The van der Waals surface area contributed by atoms with Crippen LogP contribution in [0.1, 0.15) is 23.1 Å². The number of hydrogen-bond donors (Lipinski definition) is 2. The molecule has 0 saturated carbocycles. The van der Waals surface area contributed by atoms with E-state index >= 15 is 0 Å². The van der Waals surface area contributed by atoms with Crippen LogP contribution in [0, 0.1) is 0 Å². The first-order valence-electron chi connectivity index (χ1n) is 11.0. The summed E-state index contributed by atoms with van der Waals surface area (Å²) in [5.41, 5.74) is 2.09. The molecular weight excluding hydrogens is 464 g/mol. The Bertz CT molecular complexity index is 1140. The van der Waals surface area contributed by atoms with Crippen molar-refractivity contribution in [3.8, 4) is 17.2 Å². The second-order valence-corrected chi connectivity index (χ2v) is 7.50. The molecule has 0 saturated heterocycles. The van der Waals surface area contributed by atoms with Crippen LogP contribution in [0.4, 0.5) is 0 Å². The number of carbonyl (C=O) groups is 1. The van der Waals surface area contributed by atoms with Crippen molar-refractivity contribution in [1.82, 2.24) is 0 Å². The van der Waals surface area contributed by atoms with E-state index in [1.165, 1.54) is 33.5 Å². The van der Waals surface area contributed by atoms with Crippen LogP contribution in [-0.2, 0) is 20.9 Å². The van der Waals surface area contributed by atoms with Gasteiger partial charge in [0.05, 0.1) is 33.7 Å². The van der Waals surface area contributed by atoms with Gasteiger partial charge in [0.25, 0.3) is 0 Å². The third-order valence-electron chi connectivity index (χ3n) is 5.10. The van der Waals surface area contributed by atoms with Crippen molar-refractivity contribution in [3.05, 3.63) is 88.9 Å². The summed E-state index contributed by atoms with van der Waals surface area (Å²) in [6, 6.07) is 10.4. The Labute approximate surface area is 211 Å². The Morgan fingerprint density at radius 2 is 1.50 bits per heavy atom. The van der Waals surface area contributed by atoms with Gasteiger partial charge in [0, 0.05) is 24.7 Å². The molecule has 8 heteroatoms. The molecule has 0 aliphatic heterocycles. The lowest BCUT2D eigenvalue weighted by molar-refractivity contribution is -0.111. The summed E-state index contributed by atoms with van der Waals surface area (Å²) in [4.78, 5) is 13.1. The summed E-state index contributed by atoms with van der Waals surface area (Å²) < 4.78 is 25.9. The van der Waals surface area contributed by atoms with Gasteiger partial charge in [0.15, 0.2) is 24.1 Å². The lowest BCUT2D eigenvalue weighted by atomic mass is 10.0. The average Bonchev–Trinajstić information content (AvgIpc) is 2.91. The lowest BCUT2D eigenvalue weighted by Gasteiger charge is -2.11. The molecular formula is C28H32O8. The van der Waals surface area contributed by atoms with Gasteiger partial charge in [0.1, 0.15) is 11.5 Å². The Morgan fingerprint density at radius 1 is 0.889 bits per heavy atom. The van der Waals surface area contributed by atoms with Gasteiger partial charge in [-0.15, -0.1) is 0 Å². The Hall–Kier alpha value is -4.01. The number of aliphatic hydroxyl groups excluding tert-OH is 2. The quantitative estimate of drug-likeness (QED) is 0.166. The molecule has 0 heterocycles. The van der Waals surface area contributed by atoms with Crippen molar-refractivity contribution >= 4 is 17.9 Å². The highest BCUT2D eigenvalue weighted by Crippen LogP contribution is 2.28. The first-order chi connectivity index (χ1) is 17.4. The maximum absolute atomic E-state index is 13.1. The second kappa shape index (κ2) is 14.4. The van der Waals surface area contributed by atoms with Crippen molar-refractivity contribution in [2.45, 2.75) is 13.0 Å². The number of allylic oxidation sites excluding steroid dienone is 3. The molecule has 2 N–H and O–H groups in total. The highest BCUT2D eigenvalue weighted by atomic mass is 16.7. The molecule has 0 aliphatic carbocycles. The van der Waals surface area contributed by atoms with E-state index in [0.29, 0.717) is 33.9 Å². The number of aliphatic hydroxyl groups is 2. The smallest absolute Gasteiger partial charge is 0.188 e. The minimum atomic E-state index is -0.431. The van der Waals surface area contributed by atoms with Gasteiger partial charge in [-0.05, 0) is 47.5 Å². The summed E-state index contributed by atoms with van der Waals surface area (Å²) in [6.45, 7) is 3.56. The number of hydrogen-bond acceptors (Lipinski definition) is 8. The maximum Gasteiger partial charge on any atom is 0.188 e. The van der Waals surface area contributed by atoms with Crippen LogP contribution < -0.4 is 14.2 Å². The van der Waals surface area contributed by atoms with Gasteiger partial charge in [-0.2, -0.15) is 0 Å². The maximum atomic E-state index is 13.1. The minimum absolute atomic E-state index is 0.0286. The molecule has 0 bridgehead atoms. The zero-order valence-electron chi connectivity index (χ0n) is 20.9. The number of ether oxygens (including phenoxy) is 5. The van der Waals surface area contributed by atoms with E-state index in [-0.39, 0.29) is 36.9 Å². The number of carbonyl (C=O) groups excluding carboxylic acids is 1. The molecule has 2 rings (SSSR count). The number of benzene rings is 2. The van der Waals surface area contributed by atoms with Crippen LogP contribution in [0.15, 0.2) is 72.2 Å². The topological polar surface area (TPSA) is 104 Å². The fourth-order valence-electron chi connectivity index (χ4n) is 3.22. The SMILES string of the molecule is C=C(CC(C(=O)/C=C/c1ccc(OC)c(OC)c1)=C(O)/C=C/c1ccc(OC)c(CO)c1)OCOC. The molecule has 8 nitrogen and oxygen atoms in total. The van der Waals surface area contributed by atoms with Crippen molar-refractivity contribution in [1.29, 1.82) is 0 Å². The predicted octanol–water partition coefficient (Wildman–Crippen LogP) is 4.84. The Kier molecular flexibility index (Phi) is 11.3. The monoisotopic (exact) mass is 496 g/mol. The van der Waals surface area contributed by atoms with E-state index in [2.05, 4.69) is 6.58 Å². The number of methoxy groups -OCH3 is 4. The zero-order chi connectivity index (χ0) is 26.5. The molecule has 2 aromatic carbocycles. The summed E-state index contributed by atoms with van der Waals surface area (Å²) in [5.74, 6) is 1.22. The van der Waals surface area contributed by atoms with Gasteiger partial charge in [-0.1, -0.05) is 30.9 Å². The van der Waals surface area contributed by atoms with Gasteiger partial charge >= 0.3 is 0 Å². The van der Waals surface area contributed by atoms with Crippen molar-refractivity contribution in [2.24, 2.45) is 0 Å². The molecule has 2 aromatic rings.